The monoisotopic (exact) mass is 340 g/mol. The van der Waals surface area contributed by atoms with Crippen molar-refractivity contribution in [3.63, 3.8) is 0 Å². The van der Waals surface area contributed by atoms with Crippen molar-refractivity contribution in [1.29, 1.82) is 0 Å². The molecular formula is C24H24N2. The molecule has 2 heteroatoms. The van der Waals surface area contributed by atoms with E-state index in [1.54, 1.807) is 0 Å². The number of nitrogens with zero attached hydrogens (tertiary/aromatic N) is 1. The van der Waals surface area contributed by atoms with E-state index in [9.17, 15) is 0 Å². The van der Waals surface area contributed by atoms with Crippen molar-refractivity contribution in [2.75, 3.05) is 0 Å². The Bertz CT molecular complexity index is 856. The summed E-state index contributed by atoms with van der Waals surface area (Å²) in [6.45, 7) is 2.27. The lowest BCUT2D eigenvalue weighted by Gasteiger charge is -2.20. The number of hydrogen-bond donors (Lipinski definition) is 1. The van der Waals surface area contributed by atoms with Crippen LogP contribution in [0.1, 0.15) is 48.0 Å². The predicted octanol–water partition coefficient (Wildman–Crippen LogP) is 5.66. The zero-order valence-corrected chi connectivity index (χ0v) is 15.0. The van der Waals surface area contributed by atoms with E-state index in [1.807, 2.05) is 0 Å². The molecule has 0 aromatic heterocycles. The molecule has 26 heavy (non-hydrogen) atoms. The minimum absolute atomic E-state index is 0.122. The van der Waals surface area contributed by atoms with Gasteiger partial charge < -0.3 is 5.32 Å². The molecule has 0 fully saturated rings. The lowest BCUT2D eigenvalue weighted by atomic mass is 9.95. The molecule has 0 aliphatic carbocycles. The second-order valence-corrected chi connectivity index (χ2v) is 6.98. The van der Waals surface area contributed by atoms with Crippen molar-refractivity contribution < 1.29 is 0 Å². The molecule has 1 N–H and O–H groups in total. The zero-order valence-electron chi connectivity index (χ0n) is 15.0. The average Bonchev–Trinajstić information content (AvgIpc) is 3.14. The van der Waals surface area contributed by atoms with Crippen LogP contribution in [0.15, 0.2) is 96.0 Å². The van der Waals surface area contributed by atoms with Crippen LogP contribution < -0.4 is 5.32 Å². The topological polar surface area (TPSA) is 24.4 Å². The predicted molar refractivity (Wildman–Crippen MR) is 108 cm³/mol. The summed E-state index contributed by atoms with van der Waals surface area (Å²) in [6.07, 6.45) is 0.927. The van der Waals surface area contributed by atoms with E-state index < -0.39 is 0 Å². The minimum atomic E-state index is 0.122. The van der Waals surface area contributed by atoms with Crippen LogP contribution in [0.4, 0.5) is 0 Å². The van der Waals surface area contributed by atoms with Crippen molar-refractivity contribution in [3.8, 4) is 0 Å². The van der Waals surface area contributed by atoms with Gasteiger partial charge in [-0.15, -0.1) is 0 Å². The first kappa shape index (κ1) is 16.6. The van der Waals surface area contributed by atoms with Crippen LogP contribution in [-0.2, 0) is 0 Å². The first-order chi connectivity index (χ1) is 12.8. The third-order valence-electron chi connectivity index (χ3n) is 5.10. The van der Waals surface area contributed by atoms with Crippen LogP contribution in [0.3, 0.4) is 0 Å². The molecular weight excluding hydrogens is 316 g/mol. The Morgan fingerprint density at radius 2 is 1.31 bits per heavy atom. The van der Waals surface area contributed by atoms with Crippen molar-refractivity contribution in [2.24, 2.45) is 4.99 Å². The number of aliphatic imine (C=N–C) groups is 1. The van der Waals surface area contributed by atoms with E-state index in [0.717, 1.165) is 12.3 Å². The Morgan fingerprint density at radius 3 is 1.92 bits per heavy atom. The molecule has 130 valence electrons. The van der Waals surface area contributed by atoms with Crippen molar-refractivity contribution in [2.45, 2.75) is 31.3 Å². The fourth-order valence-corrected chi connectivity index (χ4v) is 3.68. The second-order valence-electron chi connectivity index (χ2n) is 6.98. The van der Waals surface area contributed by atoms with E-state index >= 15 is 0 Å². The number of nitrogens with one attached hydrogen (secondary N) is 1. The summed E-state index contributed by atoms with van der Waals surface area (Å²) >= 11 is 0. The average molecular weight is 340 g/mol. The Hall–Kier alpha value is -2.87. The van der Waals surface area contributed by atoms with Crippen LogP contribution >= 0.6 is 0 Å². The van der Waals surface area contributed by atoms with Crippen molar-refractivity contribution >= 4 is 5.84 Å². The lowest BCUT2D eigenvalue weighted by Crippen LogP contribution is -2.25. The van der Waals surface area contributed by atoms with Gasteiger partial charge in [-0.05, 0) is 22.6 Å². The summed E-state index contributed by atoms with van der Waals surface area (Å²) in [5.41, 5.74) is 3.90. The normalized spacial score (nSPS) is 20.3. The van der Waals surface area contributed by atoms with Gasteiger partial charge in [0.2, 0.25) is 0 Å². The third kappa shape index (κ3) is 3.55. The first-order valence-corrected chi connectivity index (χ1v) is 9.29. The molecule has 0 saturated carbocycles. The Kier molecular flexibility index (Phi) is 4.83. The van der Waals surface area contributed by atoms with Gasteiger partial charge in [0.05, 0.1) is 11.9 Å². The fraction of sp³-hybridized carbons (Fsp3) is 0.208. The molecule has 4 rings (SSSR count). The summed E-state index contributed by atoms with van der Waals surface area (Å²) in [6, 6.07) is 32.2. The Labute approximate surface area is 155 Å². The highest BCUT2D eigenvalue weighted by Gasteiger charge is 2.31. The van der Waals surface area contributed by atoms with Crippen LogP contribution in [0.25, 0.3) is 0 Å². The second kappa shape index (κ2) is 7.57. The Morgan fingerprint density at radius 1 is 0.769 bits per heavy atom. The van der Waals surface area contributed by atoms with Gasteiger partial charge in [-0.25, -0.2) is 0 Å². The van der Waals surface area contributed by atoms with Crippen molar-refractivity contribution in [1.82, 2.24) is 5.32 Å². The van der Waals surface area contributed by atoms with Crippen LogP contribution in [0, 0.1) is 0 Å². The minimum Gasteiger partial charge on any atom is -0.364 e. The standard InChI is InChI=1S/C24H24N2/c1-18(19-11-5-2-6-12-19)17-22-25-23(20-13-7-3-8-14-20)24(26-22)21-15-9-4-10-16-21/h2-16,18,23-24H,17H2,1H3,(H,25,26)/t18-,23?,24?/m0/s1. The van der Waals surface area contributed by atoms with Gasteiger partial charge in [0.1, 0.15) is 6.04 Å². The van der Waals surface area contributed by atoms with Crippen LogP contribution in [-0.4, -0.2) is 5.84 Å². The molecule has 0 spiro atoms. The van der Waals surface area contributed by atoms with E-state index in [-0.39, 0.29) is 12.1 Å². The van der Waals surface area contributed by atoms with E-state index in [4.69, 9.17) is 4.99 Å². The summed E-state index contributed by atoms with van der Waals surface area (Å²) in [7, 11) is 0. The van der Waals surface area contributed by atoms with Gasteiger partial charge in [0, 0.05) is 6.42 Å². The number of benzene rings is 3. The highest BCUT2D eigenvalue weighted by atomic mass is 15.1. The molecule has 3 aromatic rings. The van der Waals surface area contributed by atoms with Gasteiger partial charge in [-0.1, -0.05) is 97.9 Å². The van der Waals surface area contributed by atoms with Crippen LogP contribution in [0.5, 0.6) is 0 Å². The fourth-order valence-electron chi connectivity index (χ4n) is 3.68. The molecule has 0 amide bonds. The molecule has 0 saturated heterocycles. The van der Waals surface area contributed by atoms with Crippen molar-refractivity contribution in [3.05, 3.63) is 108 Å². The maximum atomic E-state index is 5.09. The SMILES string of the molecule is C[C@@H](CC1=NC(c2ccccc2)C(c2ccccc2)N1)c1ccccc1. The third-order valence-corrected chi connectivity index (χ3v) is 5.10. The quantitative estimate of drug-likeness (QED) is 0.636. The molecule has 2 nitrogen and oxygen atoms in total. The zero-order chi connectivity index (χ0) is 17.8. The smallest absolute Gasteiger partial charge is 0.101 e. The van der Waals surface area contributed by atoms with E-state index in [0.29, 0.717) is 5.92 Å². The molecule has 2 unspecified atom stereocenters. The van der Waals surface area contributed by atoms with Gasteiger partial charge in [-0.3, -0.25) is 4.99 Å². The summed E-state index contributed by atoms with van der Waals surface area (Å²) < 4.78 is 0. The summed E-state index contributed by atoms with van der Waals surface area (Å²) in [4.78, 5) is 5.09. The molecule has 1 heterocycles. The van der Waals surface area contributed by atoms with Gasteiger partial charge in [-0.2, -0.15) is 0 Å². The molecule has 1 aliphatic heterocycles. The van der Waals surface area contributed by atoms with Gasteiger partial charge >= 0.3 is 0 Å². The van der Waals surface area contributed by atoms with Crippen LogP contribution in [0.2, 0.25) is 0 Å². The van der Waals surface area contributed by atoms with Gasteiger partial charge in [0.25, 0.3) is 0 Å². The number of hydrogen-bond acceptors (Lipinski definition) is 2. The molecule has 0 radical (unpaired) electrons. The molecule has 3 atom stereocenters. The number of rotatable bonds is 5. The van der Waals surface area contributed by atoms with Gasteiger partial charge in [0.15, 0.2) is 0 Å². The number of amidine groups is 1. The molecule has 3 aromatic carbocycles. The first-order valence-electron chi connectivity index (χ1n) is 9.29. The summed E-state index contributed by atoms with van der Waals surface area (Å²) in [5.74, 6) is 1.54. The Balaban J connectivity index is 1.60. The highest BCUT2D eigenvalue weighted by molar-refractivity contribution is 5.85. The lowest BCUT2D eigenvalue weighted by molar-refractivity contribution is 0.570. The highest BCUT2D eigenvalue weighted by Crippen LogP contribution is 2.37. The molecule has 1 aliphatic rings. The van der Waals surface area contributed by atoms with E-state index in [1.165, 1.54) is 16.7 Å². The maximum Gasteiger partial charge on any atom is 0.101 e. The maximum absolute atomic E-state index is 5.09. The summed E-state index contributed by atoms with van der Waals surface area (Å²) in [5, 5.41) is 3.71. The molecule has 0 bridgehead atoms. The largest absolute Gasteiger partial charge is 0.364 e. The van der Waals surface area contributed by atoms with E-state index in [2.05, 4.69) is 103 Å².